The molecular formula is C31H43N5O4. The third kappa shape index (κ3) is 6.81. The normalized spacial score (nSPS) is 16.8. The van der Waals surface area contributed by atoms with Crippen LogP contribution in [0.3, 0.4) is 0 Å². The standard InChI is InChI=1S/C31H43N5O4/c1-8-25(30(39)40-31(4,5)6)32-16-22-11-12-27-26(15-22)33-28(24-14-20(2)29(38)34(7)19-24)36(27)18-23-10-9-13-35(17-23)21(3)37/h11-12,14-15,19,23,25,32H,8-10,13,16-18H2,1-7H3. The number of likely N-dealkylation sites (tertiary alicyclic amines) is 1. The minimum absolute atomic E-state index is 0.0281. The number of carbonyl (C=O) groups is 2. The van der Waals surface area contributed by atoms with Gasteiger partial charge in [-0.05, 0) is 76.6 Å². The zero-order valence-electron chi connectivity index (χ0n) is 24.9. The average Bonchev–Trinajstić information content (AvgIpc) is 3.24. The number of nitrogens with one attached hydrogen (secondary N) is 1. The van der Waals surface area contributed by atoms with Crippen molar-refractivity contribution < 1.29 is 14.3 Å². The van der Waals surface area contributed by atoms with Crippen LogP contribution in [-0.4, -0.2) is 55.6 Å². The summed E-state index contributed by atoms with van der Waals surface area (Å²) in [7, 11) is 1.76. The second kappa shape index (κ2) is 12.0. The molecule has 216 valence electrons. The number of fused-ring (bicyclic) bond motifs is 1. The maximum absolute atomic E-state index is 12.6. The van der Waals surface area contributed by atoms with E-state index in [9.17, 15) is 14.4 Å². The van der Waals surface area contributed by atoms with E-state index in [2.05, 4.69) is 28.1 Å². The minimum Gasteiger partial charge on any atom is -0.459 e. The first-order chi connectivity index (χ1) is 18.9. The maximum atomic E-state index is 12.6. The second-order valence-corrected chi connectivity index (χ2v) is 12.0. The van der Waals surface area contributed by atoms with Crippen LogP contribution in [-0.2, 0) is 34.5 Å². The number of benzene rings is 1. The fraction of sp³-hybridized carbons (Fsp3) is 0.548. The molecule has 0 spiro atoms. The van der Waals surface area contributed by atoms with E-state index >= 15 is 0 Å². The minimum atomic E-state index is -0.534. The lowest BCUT2D eigenvalue weighted by atomic mass is 9.97. The number of carbonyl (C=O) groups excluding carboxylic acids is 2. The molecule has 2 atom stereocenters. The number of hydrogen-bond donors (Lipinski definition) is 1. The zero-order chi connectivity index (χ0) is 29.2. The van der Waals surface area contributed by atoms with E-state index in [-0.39, 0.29) is 17.4 Å². The van der Waals surface area contributed by atoms with Crippen molar-refractivity contribution in [3.63, 3.8) is 0 Å². The van der Waals surface area contributed by atoms with Crippen molar-refractivity contribution in [3.8, 4) is 11.4 Å². The number of esters is 1. The van der Waals surface area contributed by atoms with Gasteiger partial charge in [0.15, 0.2) is 0 Å². The molecule has 1 fully saturated rings. The summed E-state index contributed by atoms with van der Waals surface area (Å²) in [5.74, 6) is 0.977. The number of ether oxygens (including phenoxy) is 1. The topological polar surface area (TPSA) is 98.5 Å². The van der Waals surface area contributed by atoms with Gasteiger partial charge < -0.3 is 24.1 Å². The van der Waals surface area contributed by atoms with Crippen LogP contribution in [0.5, 0.6) is 0 Å². The molecule has 9 nitrogen and oxygen atoms in total. The Morgan fingerprint density at radius 2 is 1.98 bits per heavy atom. The number of piperidine rings is 1. The Kier molecular flexibility index (Phi) is 8.83. The summed E-state index contributed by atoms with van der Waals surface area (Å²) in [6.45, 7) is 13.8. The van der Waals surface area contributed by atoms with Crippen molar-refractivity contribution in [3.05, 3.63) is 51.9 Å². The summed E-state index contributed by atoms with van der Waals surface area (Å²) in [6.07, 6.45) is 4.49. The van der Waals surface area contributed by atoms with Crippen molar-refractivity contribution in [1.29, 1.82) is 0 Å². The number of rotatable bonds is 8. The van der Waals surface area contributed by atoms with Gasteiger partial charge in [0.25, 0.3) is 5.56 Å². The highest BCUT2D eigenvalue weighted by Crippen LogP contribution is 2.29. The predicted molar refractivity (Wildman–Crippen MR) is 157 cm³/mol. The van der Waals surface area contributed by atoms with Crippen LogP contribution in [0.1, 0.15) is 65.0 Å². The fourth-order valence-electron chi connectivity index (χ4n) is 5.46. The third-order valence-corrected chi connectivity index (χ3v) is 7.49. The van der Waals surface area contributed by atoms with Crippen LogP contribution in [0.2, 0.25) is 0 Å². The Labute approximate surface area is 236 Å². The summed E-state index contributed by atoms with van der Waals surface area (Å²) in [6, 6.07) is 7.71. The van der Waals surface area contributed by atoms with E-state index in [1.54, 1.807) is 18.5 Å². The van der Waals surface area contributed by atoms with Crippen molar-refractivity contribution in [1.82, 2.24) is 24.3 Å². The van der Waals surface area contributed by atoms with Crippen LogP contribution < -0.4 is 10.9 Å². The molecule has 9 heteroatoms. The fourth-order valence-corrected chi connectivity index (χ4v) is 5.46. The van der Waals surface area contributed by atoms with E-state index in [0.717, 1.165) is 60.5 Å². The number of aromatic nitrogens is 3. The first-order valence-electron chi connectivity index (χ1n) is 14.2. The first-order valence-corrected chi connectivity index (χ1v) is 14.2. The lowest BCUT2D eigenvalue weighted by molar-refractivity contribution is -0.157. The van der Waals surface area contributed by atoms with Crippen molar-refractivity contribution in [2.45, 2.75) is 85.5 Å². The molecule has 1 amide bonds. The van der Waals surface area contributed by atoms with Gasteiger partial charge in [-0.1, -0.05) is 13.0 Å². The number of aryl methyl sites for hydroxylation is 2. The van der Waals surface area contributed by atoms with Crippen LogP contribution in [0.4, 0.5) is 0 Å². The van der Waals surface area contributed by atoms with Crippen molar-refractivity contribution in [2.24, 2.45) is 13.0 Å². The Morgan fingerprint density at radius 1 is 1.23 bits per heavy atom. The summed E-state index contributed by atoms with van der Waals surface area (Å²) < 4.78 is 9.41. The molecule has 0 saturated carbocycles. The third-order valence-electron chi connectivity index (χ3n) is 7.49. The summed E-state index contributed by atoms with van der Waals surface area (Å²) in [4.78, 5) is 44.1. The zero-order valence-corrected chi connectivity index (χ0v) is 24.9. The Balaban J connectivity index is 1.66. The van der Waals surface area contributed by atoms with Crippen molar-refractivity contribution >= 4 is 22.9 Å². The second-order valence-electron chi connectivity index (χ2n) is 12.0. The van der Waals surface area contributed by atoms with Crippen LogP contribution in [0.25, 0.3) is 22.4 Å². The SMILES string of the molecule is CCC(NCc1ccc2c(c1)nc(-c1cc(C)c(=O)n(C)c1)n2CC1CCCN(C(C)=O)C1)C(=O)OC(C)(C)C. The number of pyridine rings is 1. The lowest BCUT2D eigenvalue weighted by Gasteiger charge is -2.32. The molecule has 0 radical (unpaired) electrons. The Morgan fingerprint density at radius 3 is 2.62 bits per heavy atom. The molecule has 3 aromatic rings. The highest BCUT2D eigenvalue weighted by molar-refractivity contribution is 5.81. The molecule has 1 aliphatic rings. The van der Waals surface area contributed by atoms with Gasteiger partial charge in [0.2, 0.25) is 5.91 Å². The summed E-state index contributed by atoms with van der Waals surface area (Å²) in [5, 5.41) is 3.34. The summed E-state index contributed by atoms with van der Waals surface area (Å²) in [5.41, 5.74) is 3.85. The molecule has 3 heterocycles. The first kappa shape index (κ1) is 29.5. The quantitative estimate of drug-likeness (QED) is 0.424. The number of hydrogen-bond acceptors (Lipinski definition) is 6. The van der Waals surface area contributed by atoms with Crippen LogP contribution in [0, 0.1) is 12.8 Å². The smallest absolute Gasteiger partial charge is 0.323 e. The number of imidazole rings is 1. The molecule has 1 N–H and O–H groups in total. The molecule has 1 aliphatic heterocycles. The Bertz CT molecular complexity index is 1420. The molecular weight excluding hydrogens is 506 g/mol. The van der Waals surface area contributed by atoms with Gasteiger partial charge in [-0.25, -0.2) is 4.98 Å². The Hall–Kier alpha value is -3.46. The van der Waals surface area contributed by atoms with Gasteiger partial charge >= 0.3 is 5.97 Å². The van der Waals surface area contributed by atoms with E-state index in [0.29, 0.717) is 24.4 Å². The molecule has 1 aromatic carbocycles. The lowest BCUT2D eigenvalue weighted by Crippen LogP contribution is -2.40. The molecule has 4 rings (SSSR count). The molecule has 1 saturated heterocycles. The monoisotopic (exact) mass is 549 g/mol. The molecule has 2 unspecified atom stereocenters. The van der Waals surface area contributed by atoms with E-state index in [4.69, 9.17) is 9.72 Å². The molecule has 0 bridgehead atoms. The molecule has 40 heavy (non-hydrogen) atoms. The van der Waals surface area contributed by atoms with Gasteiger partial charge in [0, 0.05) is 57.5 Å². The summed E-state index contributed by atoms with van der Waals surface area (Å²) >= 11 is 0. The van der Waals surface area contributed by atoms with E-state index in [1.165, 1.54) is 0 Å². The number of amides is 1. The van der Waals surface area contributed by atoms with Gasteiger partial charge in [0.1, 0.15) is 17.5 Å². The predicted octanol–water partition coefficient (Wildman–Crippen LogP) is 4.18. The molecule has 0 aliphatic carbocycles. The number of nitrogens with zero attached hydrogens (tertiary/aromatic N) is 4. The van der Waals surface area contributed by atoms with Gasteiger partial charge in [-0.3, -0.25) is 14.4 Å². The van der Waals surface area contributed by atoms with Crippen LogP contribution in [0.15, 0.2) is 35.3 Å². The van der Waals surface area contributed by atoms with Gasteiger partial charge in [-0.15, -0.1) is 0 Å². The van der Waals surface area contributed by atoms with Gasteiger partial charge in [-0.2, -0.15) is 0 Å². The van der Waals surface area contributed by atoms with Crippen LogP contribution >= 0.6 is 0 Å². The van der Waals surface area contributed by atoms with E-state index < -0.39 is 11.6 Å². The highest BCUT2D eigenvalue weighted by Gasteiger charge is 2.26. The van der Waals surface area contributed by atoms with E-state index in [1.807, 2.05) is 51.8 Å². The maximum Gasteiger partial charge on any atom is 0.323 e. The van der Waals surface area contributed by atoms with Crippen molar-refractivity contribution in [2.75, 3.05) is 13.1 Å². The molecule has 2 aromatic heterocycles. The van der Waals surface area contributed by atoms with Gasteiger partial charge in [0.05, 0.1) is 11.0 Å². The highest BCUT2D eigenvalue weighted by atomic mass is 16.6. The average molecular weight is 550 g/mol. The largest absolute Gasteiger partial charge is 0.459 e.